The highest BCUT2D eigenvalue weighted by Crippen LogP contribution is 2.28. The van der Waals surface area contributed by atoms with Gasteiger partial charge in [-0.1, -0.05) is 63.6 Å². The van der Waals surface area contributed by atoms with Crippen LogP contribution >= 0.6 is 0 Å². The molecule has 1 aromatic carbocycles. The highest BCUT2D eigenvalue weighted by atomic mass is 16.2. The Labute approximate surface area is 198 Å². The smallest absolute Gasteiger partial charge is 0.255 e. The number of amides is 3. The summed E-state index contributed by atoms with van der Waals surface area (Å²) in [4.78, 5) is 36.8. The van der Waals surface area contributed by atoms with Gasteiger partial charge in [0.05, 0.1) is 0 Å². The second-order valence-electron chi connectivity index (χ2n) is 9.84. The summed E-state index contributed by atoms with van der Waals surface area (Å²) >= 11 is 0. The summed E-state index contributed by atoms with van der Waals surface area (Å²) in [6.45, 7) is 7.01. The average Bonchev–Trinajstić information content (AvgIpc) is 3.10. The molecule has 0 bridgehead atoms. The van der Waals surface area contributed by atoms with Crippen molar-refractivity contribution in [1.82, 2.24) is 15.5 Å². The molecule has 1 aliphatic carbocycles. The Kier molecular flexibility index (Phi) is 9.48. The van der Waals surface area contributed by atoms with Crippen LogP contribution < -0.4 is 10.6 Å². The summed E-state index contributed by atoms with van der Waals surface area (Å²) in [6.07, 6.45) is 13.3. The van der Waals surface area contributed by atoms with Crippen LogP contribution in [-0.2, 0) is 16.1 Å². The third-order valence-corrected chi connectivity index (χ3v) is 7.03. The number of fused-ring (bicyclic) bond motifs is 1. The molecule has 1 aromatic rings. The van der Waals surface area contributed by atoms with E-state index in [1.165, 1.54) is 57.8 Å². The maximum Gasteiger partial charge on any atom is 0.255 e. The molecule has 2 aliphatic heterocycles. The summed E-state index contributed by atoms with van der Waals surface area (Å²) in [5.41, 5.74) is 2.71. The number of hydrogen-bond acceptors (Lipinski definition) is 4. The summed E-state index contributed by atoms with van der Waals surface area (Å²) in [5.74, 6) is -0.750. The number of rotatable bonds is 7. The molecule has 4 rings (SSSR count). The van der Waals surface area contributed by atoms with E-state index in [1.54, 1.807) is 11.0 Å². The standard InChI is InChI=1S/C14H14N2O3.C13H27N/c1-8-2-3-10-9(6-8)7-16(14(10)19)11-4-5-12(17)15-13(11)18;1-3-8-12(9-4-2)14-13-10-6-5-7-11-13/h2-3,6,11H,4-5,7H2,1H3,(H,15,17,18);12-14H,3-11H2,1-2H3. The molecule has 2 heterocycles. The Balaban J connectivity index is 0.000000196. The topological polar surface area (TPSA) is 78.5 Å². The van der Waals surface area contributed by atoms with Crippen molar-refractivity contribution < 1.29 is 14.4 Å². The number of aryl methyl sites for hydroxylation is 1. The molecular weight excluding hydrogens is 414 g/mol. The Bertz CT molecular complexity index is 826. The number of benzene rings is 1. The largest absolute Gasteiger partial charge is 0.322 e. The fraction of sp³-hybridized carbons (Fsp3) is 0.667. The minimum atomic E-state index is -0.530. The highest BCUT2D eigenvalue weighted by Gasteiger charge is 2.38. The first kappa shape index (κ1) is 25.4. The third kappa shape index (κ3) is 6.89. The first-order valence-electron chi connectivity index (χ1n) is 12.9. The molecule has 1 saturated heterocycles. The SMILES string of the molecule is CCCC(CCC)NC1CCCCC1.Cc1ccc2c(c1)CN(C1CCC(=O)NC1=O)C2=O. The second kappa shape index (κ2) is 12.3. The number of hydrogen-bond donors (Lipinski definition) is 2. The quantitative estimate of drug-likeness (QED) is 0.588. The van der Waals surface area contributed by atoms with Crippen LogP contribution in [0.3, 0.4) is 0 Å². The lowest BCUT2D eigenvalue weighted by Crippen LogP contribution is -2.52. The first-order valence-corrected chi connectivity index (χ1v) is 12.9. The number of piperidine rings is 1. The number of carbonyl (C=O) groups is 3. The minimum Gasteiger partial charge on any atom is -0.322 e. The van der Waals surface area contributed by atoms with Gasteiger partial charge in [0, 0.05) is 30.6 Å². The van der Waals surface area contributed by atoms with E-state index in [0.717, 1.165) is 23.2 Å². The van der Waals surface area contributed by atoms with Crippen molar-refractivity contribution in [2.75, 3.05) is 0 Å². The molecule has 33 heavy (non-hydrogen) atoms. The van der Waals surface area contributed by atoms with Crippen LogP contribution in [0.15, 0.2) is 18.2 Å². The van der Waals surface area contributed by atoms with Gasteiger partial charge >= 0.3 is 0 Å². The van der Waals surface area contributed by atoms with Crippen molar-refractivity contribution in [2.45, 2.75) is 116 Å². The Hall–Kier alpha value is -2.21. The lowest BCUT2D eigenvalue weighted by Gasteiger charge is -2.29. The monoisotopic (exact) mass is 455 g/mol. The van der Waals surface area contributed by atoms with Gasteiger partial charge in [-0.2, -0.15) is 0 Å². The van der Waals surface area contributed by atoms with E-state index < -0.39 is 6.04 Å². The predicted octanol–water partition coefficient (Wildman–Crippen LogP) is 4.63. The summed E-state index contributed by atoms with van der Waals surface area (Å²) in [7, 11) is 0. The van der Waals surface area contributed by atoms with E-state index in [0.29, 0.717) is 18.5 Å². The summed E-state index contributed by atoms with van der Waals surface area (Å²) in [5, 5.41) is 6.15. The zero-order chi connectivity index (χ0) is 23.8. The van der Waals surface area contributed by atoms with Crippen LogP contribution in [0.2, 0.25) is 0 Å². The molecule has 0 radical (unpaired) electrons. The zero-order valence-corrected chi connectivity index (χ0v) is 20.6. The fourth-order valence-electron chi connectivity index (χ4n) is 5.31. The van der Waals surface area contributed by atoms with Crippen LogP contribution in [0.25, 0.3) is 0 Å². The van der Waals surface area contributed by atoms with Gasteiger partial charge in [0.15, 0.2) is 0 Å². The van der Waals surface area contributed by atoms with E-state index in [9.17, 15) is 14.4 Å². The maximum absolute atomic E-state index is 12.3. The molecule has 1 atom stereocenters. The molecule has 0 aromatic heterocycles. The molecule has 0 spiro atoms. The average molecular weight is 456 g/mol. The fourth-order valence-corrected chi connectivity index (χ4v) is 5.31. The lowest BCUT2D eigenvalue weighted by molar-refractivity contribution is -0.136. The van der Waals surface area contributed by atoms with Crippen LogP contribution in [-0.4, -0.2) is 40.7 Å². The van der Waals surface area contributed by atoms with Crippen LogP contribution in [0.5, 0.6) is 0 Å². The molecule has 2 N–H and O–H groups in total. The van der Waals surface area contributed by atoms with Crippen molar-refractivity contribution in [3.8, 4) is 0 Å². The molecule has 1 saturated carbocycles. The van der Waals surface area contributed by atoms with Crippen molar-refractivity contribution >= 4 is 17.7 Å². The minimum absolute atomic E-state index is 0.121. The Morgan fingerprint density at radius 3 is 2.36 bits per heavy atom. The van der Waals surface area contributed by atoms with Gasteiger partial charge in [-0.15, -0.1) is 0 Å². The molecule has 2 fully saturated rings. The van der Waals surface area contributed by atoms with Crippen molar-refractivity contribution in [1.29, 1.82) is 0 Å². The van der Waals surface area contributed by atoms with Gasteiger partial charge < -0.3 is 10.2 Å². The molecule has 182 valence electrons. The van der Waals surface area contributed by atoms with E-state index in [2.05, 4.69) is 24.5 Å². The first-order chi connectivity index (χ1) is 15.9. The van der Waals surface area contributed by atoms with Gasteiger partial charge in [-0.05, 0) is 50.7 Å². The summed E-state index contributed by atoms with van der Waals surface area (Å²) in [6, 6.07) is 6.78. The second-order valence-corrected chi connectivity index (χ2v) is 9.84. The number of nitrogens with zero attached hydrogens (tertiary/aromatic N) is 1. The number of imide groups is 1. The zero-order valence-electron chi connectivity index (χ0n) is 20.6. The van der Waals surface area contributed by atoms with Crippen LogP contribution in [0.1, 0.15) is 106 Å². The molecule has 6 heteroatoms. The molecule has 1 unspecified atom stereocenters. The lowest BCUT2D eigenvalue weighted by atomic mass is 9.94. The van der Waals surface area contributed by atoms with Crippen molar-refractivity contribution in [2.24, 2.45) is 0 Å². The van der Waals surface area contributed by atoms with E-state index >= 15 is 0 Å². The molecule has 3 aliphatic rings. The highest BCUT2D eigenvalue weighted by molar-refractivity contribution is 6.05. The van der Waals surface area contributed by atoms with Crippen molar-refractivity contribution in [3.05, 3.63) is 34.9 Å². The normalized spacial score (nSPS) is 21.0. The summed E-state index contributed by atoms with van der Waals surface area (Å²) < 4.78 is 0. The van der Waals surface area contributed by atoms with E-state index in [-0.39, 0.29) is 24.1 Å². The molecule has 6 nitrogen and oxygen atoms in total. The predicted molar refractivity (Wildman–Crippen MR) is 131 cm³/mol. The third-order valence-electron chi connectivity index (χ3n) is 7.03. The maximum atomic E-state index is 12.3. The Morgan fingerprint density at radius 2 is 1.73 bits per heavy atom. The van der Waals surface area contributed by atoms with E-state index in [4.69, 9.17) is 0 Å². The van der Waals surface area contributed by atoms with Gasteiger partial charge in [-0.25, -0.2) is 0 Å². The number of nitrogens with one attached hydrogen (secondary N) is 2. The van der Waals surface area contributed by atoms with Gasteiger partial charge in [-0.3, -0.25) is 19.7 Å². The van der Waals surface area contributed by atoms with Gasteiger partial charge in [0.25, 0.3) is 5.91 Å². The van der Waals surface area contributed by atoms with Crippen LogP contribution in [0, 0.1) is 6.92 Å². The van der Waals surface area contributed by atoms with Gasteiger partial charge in [0.2, 0.25) is 11.8 Å². The van der Waals surface area contributed by atoms with Crippen molar-refractivity contribution in [3.63, 3.8) is 0 Å². The number of carbonyl (C=O) groups excluding carboxylic acids is 3. The van der Waals surface area contributed by atoms with E-state index in [1.807, 2.05) is 19.1 Å². The molecular formula is C27H41N3O3. The van der Waals surface area contributed by atoms with Crippen LogP contribution in [0.4, 0.5) is 0 Å². The van der Waals surface area contributed by atoms with Gasteiger partial charge in [0.1, 0.15) is 6.04 Å². The Morgan fingerprint density at radius 1 is 1.03 bits per heavy atom. The molecule has 3 amide bonds.